The molecule has 0 aliphatic carbocycles. The summed E-state index contributed by atoms with van der Waals surface area (Å²) >= 11 is 0. The summed E-state index contributed by atoms with van der Waals surface area (Å²) in [5.74, 6) is 0.128. The van der Waals surface area contributed by atoms with E-state index in [1.165, 1.54) is 11.1 Å². The average molecular weight is 313 g/mol. The van der Waals surface area contributed by atoms with Crippen LogP contribution in [0.25, 0.3) is 0 Å². The van der Waals surface area contributed by atoms with Crippen molar-refractivity contribution in [3.05, 3.63) is 35.4 Å². The minimum absolute atomic E-state index is 0. The number of rotatable bonds is 4. The topological polar surface area (TPSA) is 41.6 Å². The second-order valence-corrected chi connectivity index (χ2v) is 5.29. The number of hydrogen-bond donors (Lipinski definition) is 1. The van der Waals surface area contributed by atoms with E-state index in [0.29, 0.717) is 19.7 Å². The van der Waals surface area contributed by atoms with Gasteiger partial charge in [-0.15, -0.1) is 12.4 Å². The van der Waals surface area contributed by atoms with Crippen LogP contribution in [-0.2, 0) is 16.1 Å². The van der Waals surface area contributed by atoms with Crippen molar-refractivity contribution in [3.63, 3.8) is 0 Å². The molecule has 0 spiro atoms. The Hall–Kier alpha value is -1.10. The van der Waals surface area contributed by atoms with Gasteiger partial charge in [0.25, 0.3) is 0 Å². The number of carbonyl (C=O) groups is 1. The Balaban J connectivity index is 0.00000220. The van der Waals surface area contributed by atoms with Crippen molar-refractivity contribution in [2.24, 2.45) is 0 Å². The number of ether oxygens (including phenoxy) is 1. The van der Waals surface area contributed by atoms with Crippen LogP contribution in [0, 0.1) is 6.92 Å². The molecule has 5 heteroatoms. The van der Waals surface area contributed by atoms with Crippen LogP contribution < -0.4 is 5.32 Å². The van der Waals surface area contributed by atoms with Crippen molar-refractivity contribution in [3.8, 4) is 0 Å². The molecule has 1 saturated heterocycles. The first-order valence-electron chi connectivity index (χ1n) is 7.31. The third kappa shape index (κ3) is 4.43. The molecule has 1 aliphatic heterocycles. The molecule has 1 heterocycles. The molecule has 1 amide bonds. The Bertz CT molecular complexity index is 467. The fourth-order valence-corrected chi connectivity index (χ4v) is 2.54. The molecule has 2 rings (SSSR count). The average Bonchev–Trinajstić information content (AvgIpc) is 2.46. The Morgan fingerprint density at radius 1 is 1.43 bits per heavy atom. The highest BCUT2D eigenvalue weighted by Gasteiger charge is 2.31. The fraction of sp³-hybridized carbons (Fsp3) is 0.562. The predicted octanol–water partition coefficient (Wildman–Crippen LogP) is 2.14. The number of aryl methyl sites for hydroxylation is 1. The van der Waals surface area contributed by atoms with E-state index >= 15 is 0 Å². The second kappa shape index (κ2) is 8.37. The van der Waals surface area contributed by atoms with Crippen molar-refractivity contribution in [2.75, 3.05) is 19.7 Å². The van der Waals surface area contributed by atoms with Crippen LogP contribution in [0.2, 0.25) is 0 Å². The zero-order chi connectivity index (χ0) is 14.5. The van der Waals surface area contributed by atoms with Gasteiger partial charge >= 0.3 is 0 Å². The molecule has 0 radical (unpaired) electrons. The maximum absolute atomic E-state index is 12.6. The third-order valence-corrected chi connectivity index (χ3v) is 3.90. The molecule has 1 fully saturated rings. The SMILES string of the molecule is CCN(Cc1ccccc1C)C(=O)[C@H]1NCCO[C@@H]1C.Cl. The minimum Gasteiger partial charge on any atom is -0.375 e. The van der Waals surface area contributed by atoms with Gasteiger partial charge in [0, 0.05) is 19.6 Å². The minimum atomic E-state index is -0.229. The lowest BCUT2D eigenvalue weighted by Crippen LogP contribution is -2.56. The molecule has 118 valence electrons. The standard InChI is InChI=1S/C16H24N2O2.ClH/c1-4-18(11-14-8-6-5-7-12(14)2)16(19)15-13(3)20-10-9-17-15;/h5-8,13,15,17H,4,9-11H2,1-3H3;1H/t13-,15+;/m1./s1. The van der Waals surface area contributed by atoms with Gasteiger partial charge in [-0.25, -0.2) is 0 Å². The van der Waals surface area contributed by atoms with Gasteiger partial charge < -0.3 is 15.0 Å². The first kappa shape index (κ1) is 18.0. The van der Waals surface area contributed by atoms with Gasteiger partial charge in [-0.1, -0.05) is 24.3 Å². The summed E-state index contributed by atoms with van der Waals surface area (Å²) in [6, 6.07) is 7.98. The van der Waals surface area contributed by atoms with E-state index in [1.54, 1.807) is 0 Å². The fourth-order valence-electron chi connectivity index (χ4n) is 2.54. The zero-order valence-electron chi connectivity index (χ0n) is 13.0. The van der Waals surface area contributed by atoms with Gasteiger partial charge in [0.05, 0.1) is 12.7 Å². The van der Waals surface area contributed by atoms with Gasteiger partial charge in [-0.05, 0) is 31.9 Å². The molecule has 0 bridgehead atoms. The Labute approximate surface area is 133 Å². The Morgan fingerprint density at radius 2 is 2.14 bits per heavy atom. The molecule has 1 aliphatic rings. The number of amides is 1. The summed E-state index contributed by atoms with van der Waals surface area (Å²) in [6.07, 6.45) is -0.0674. The van der Waals surface area contributed by atoms with Crippen LogP contribution in [0.15, 0.2) is 24.3 Å². The second-order valence-electron chi connectivity index (χ2n) is 5.29. The third-order valence-electron chi connectivity index (χ3n) is 3.90. The van der Waals surface area contributed by atoms with E-state index in [0.717, 1.165) is 6.54 Å². The van der Waals surface area contributed by atoms with Crippen LogP contribution >= 0.6 is 12.4 Å². The molecule has 1 N–H and O–H groups in total. The zero-order valence-corrected chi connectivity index (χ0v) is 13.8. The quantitative estimate of drug-likeness (QED) is 0.926. The molecule has 0 saturated carbocycles. The summed E-state index contributed by atoms with van der Waals surface area (Å²) in [4.78, 5) is 14.5. The molecule has 0 unspecified atom stereocenters. The van der Waals surface area contributed by atoms with E-state index in [9.17, 15) is 4.79 Å². The summed E-state index contributed by atoms with van der Waals surface area (Å²) in [7, 11) is 0. The molecular weight excluding hydrogens is 288 g/mol. The number of carbonyl (C=O) groups excluding carboxylic acids is 1. The van der Waals surface area contributed by atoms with Crippen molar-refractivity contribution >= 4 is 18.3 Å². The molecular formula is C16H25ClN2O2. The molecule has 2 atom stereocenters. The molecule has 1 aromatic rings. The largest absolute Gasteiger partial charge is 0.375 e. The maximum atomic E-state index is 12.6. The number of morpholine rings is 1. The van der Waals surface area contributed by atoms with Gasteiger partial charge in [0.15, 0.2) is 0 Å². The van der Waals surface area contributed by atoms with E-state index in [-0.39, 0.29) is 30.5 Å². The Morgan fingerprint density at radius 3 is 2.76 bits per heavy atom. The lowest BCUT2D eigenvalue weighted by Gasteiger charge is -2.33. The van der Waals surface area contributed by atoms with Crippen molar-refractivity contribution in [1.29, 1.82) is 0 Å². The highest BCUT2D eigenvalue weighted by Crippen LogP contribution is 2.13. The molecule has 4 nitrogen and oxygen atoms in total. The van der Waals surface area contributed by atoms with Gasteiger partial charge in [0.1, 0.15) is 6.04 Å². The van der Waals surface area contributed by atoms with Crippen LogP contribution in [-0.4, -0.2) is 42.6 Å². The van der Waals surface area contributed by atoms with Crippen molar-refractivity contribution in [1.82, 2.24) is 10.2 Å². The number of nitrogens with one attached hydrogen (secondary N) is 1. The lowest BCUT2D eigenvalue weighted by molar-refractivity contribution is -0.139. The summed E-state index contributed by atoms with van der Waals surface area (Å²) in [6.45, 7) is 8.83. The summed E-state index contributed by atoms with van der Waals surface area (Å²) in [5.41, 5.74) is 2.42. The first-order chi connectivity index (χ1) is 9.63. The van der Waals surface area contributed by atoms with Gasteiger partial charge in [0.2, 0.25) is 5.91 Å². The van der Waals surface area contributed by atoms with E-state index < -0.39 is 0 Å². The molecule has 1 aromatic carbocycles. The first-order valence-corrected chi connectivity index (χ1v) is 7.31. The molecule has 21 heavy (non-hydrogen) atoms. The number of benzene rings is 1. The van der Waals surface area contributed by atoms with Crippen LogP contribution in [0.4, 0.5) is 0 Å². The van der Waals surface area contributed by atoms with Crippen LogP contribution in [0.5, 0.6) is 0 Å². The highest BCUT2D eigenvalue weighted by molar-refractivity contribution is 5.85. The van der Waals surface area contributed by atoms with E-state index in [2.05, 4.69) is 24.4 Å². The number of hydrogen-bond acceptors (Lipinski definition) is 3. The van der Waals surface area contributed by atoms with E-state index in [1.807, 2.05) is 30.9 Å². The lowest BCUT2D eigenvalue weighted by atomic mass is 10.1. The Kier molecular flexibility index (Phi) is 7.15. The number of nitrogens with zero attached hydrogens (tertiary/aromatic N) is 1. The van der Waals surface area contributed by atoms with E-state index in [4.69, 9.17) is 4.74 Å². The predicted molar refractivity (Wildman–Crippen MR) is 86.7 cm³/mol. The summed E-state index contributed by atoms with van der Waals surface area (Å²) in [5, 5.41) is 3.27. The van der Waals surface area contributed by atoms with Gasteiger partial charge in [-0.3, -0.25) is 4.79 Å². The van der Waals surface area contributed by atoms with Crippen molar-refractivity contribution < 1.29 is 9.53 Å². The monoisotopic (exact) mass is 312 g/mol. The molecule has 0 aromatic heterocycles. The van der Waals surface area contributed by atoms with Crippen LogP contribution in [0.1, 0.15) is 25.0 Å². The normalized spacial score (nSPS) is 21.5. The maximum Gasteiger partial charge on any atom is 0.242 e. The number of likely N-dealkylation sites (N-methyl/N-ethyl adjacent to an activating group) is 1. The smallest absolute Gasteiger partial charge is 0.242 e. The van der Waals surface area contributed by atoms with Gasteiger partial charge in [-0.2, -0.15) is 0 Å². The highest BCUT2D eigenvalue weighted by atomic mass is 35.5. The number of halogens is 1. The summed E-state index contributed by atoms with van der Waals surface area (Å²) < 4.78 is 5.57. The van der Waals surface area contributed by atoms with Crippen LogP contribution in [0.3, 0.4) is 0 Å². The van der Waals surface area contributed by atoms with Crippen molar-refractivity contribution in [2.45, 2.75) is 39.5 Å².